The zero-order chi connectivity index (χ0) is 5.02. The second kappa shape index (κ2) is 1.23. The van der Waals surface area contributed by atoms with Crippen molar-refractivity contribution in [3.05, 3.63) is 0 Å². The maximum absolute atomic E-state index is 2.90. The van der Waals surface area contributed by atoms with E-state index in [1.165, 1.54) is 6.16 Å². The summed E-state index contributed by atoms with van der Waals surface area (Å²) >= 11 is 0. The molecule has 2 heteroatoms. The van der Waals surface area contributed by atoms with Crippen LogP contribution < -0.4 is 0 Å². The predicted octanol–water partition coefficient (Wildman–Crippen LogP) is 0.981. The lowest BCUT2D eigenvalue weighted by atomic mass is 10.2. The molecule has 2 rings (SSSR count). The van der Waals surface area contributed by atoms with Crippen LogP contribution in [0.25, 0.3) is 0 Å². The highest BCUT2D eigenvalue weighted by molar-refractivity contribution is 7.18. The Morgan fingerprint density at radius 2 is 1.86 bits per heavy atom. The van der Waals surface area contributed by atoms with Crippen molar-refractivity contribution < 1.29 is 0 Å². The molecule has 0 aromatic rings. The normalized spacial score (nSPS) is 64.3. The van der Waals surface area contributed by atoms with Crippen LogP contribution in [0.4, 0.5) is 0 Å². The van der Waals surface area contributed by atoms with Crippen molar-refractivity contribution in [2.24, 2.45) is 17.8 Å². The Kier molecular flexibility index (Phi) is 0.825. The third kappa shape index (κ3) is 0.456. The average molecular weight is 132 g/mol. The Hall–Kier alpha value is 0.860. The first-order valence-electron chi connectivity index (χ1n) is 2.82. The van der Waals surface area contributed by atoms with Gasteiger partial charge < -0.3 is 0 Å². The molecule has 40 valence electrons. The molecular formula is C5H10P2. The molecule has 2 aliphatic carbocycles. The molecule has 2 aliphatic rings. The summed E-state index contributed by atoms with van der Waals surface area (Å²) in [4.78, 5) is 0. The van der Waals surface area contributed by atoms with Crippen molar-refractivity contribution in [2.75, 3.05) is 6.16 Å². The highest BCUT2D eigenvalue weighted by Crippen LogP contribution is 2.72. The molecule has 0 radical (unpaired) electrons. The van der Waals surface area contributed by atoms with Crippen LogP contribution in [-0.4, -0.2) is 11.8 Å². The van der Waals surface area contributed by atoms with E-state index in [2.05, 4.69) is 18.5 Å². The van der Waals surface area contributed by atoms with Gasteiger partial charge in [0.25, 0.3) is 0 Å². The number of rotatable bonds is 1. The first-order valence-corrected chi connectivity index (χ1v) is 4.30. The van der Waals surface area contributed by atoms with Crippen molar-refractivity contribution in [1.82, 2.24) is 0 Å². The maximum Gasteiger partial charge on any atom is -0.0196 e. The average Bonchev–Trinajstić information content (AvgIpc) is 2.47. The van der Waals surface area contributed by atoms with Gasteiger partial charge in [-0.3, -0.25) is 0 Å². The van der Waals surface area contributed by atoms with Crippen LogP contribution in [0.3, 0.4) is 0 Å². The molecule has 0 spiro atoms. The number of hydrogen-bond acceptors (Lipinski definition) is 0. The molecule has 0 aliphatic heterocycles. The molecule has 0 heterocycles. The Morgan fingerprint density at radius 1 is 1.29 bits per heavy atom. The van der Waals surface area contributed by atoms with E-state index in [-0.39, 0.29) is 0 Å². The van der Waals surface area contributed by atoms with E-state index in [0.29, 0.717) is 0 Å². The molecule has 0 bridgehead atoms. The van der Waals surface area contributed by atoms with E-state index < -0.39 is 0 Å². The first-order chi connectivity index (χ1) is 3.36. The van der Waals surface area contributed by atoms with E-state index in [1.54, 1.807) is 0 Å². The van der Waals surface area contributed by atoms with E-state index >= 15 is 0 Å². The largest absolute Gasteiger partial charge is 0.137 e. The van der Waals surface area contributed by atoms with Gasteiger partial charge in [0, 0.05) is 0 Å². The molecule has 0 aromatic heterocycles. The summed E-state index contributed by atoms with van der Waals surface area (Å²) in [5, 5.41) is 0. The highest BCUT2D eigenvalue weighted by atomic mass is 31.0. The lowest BCUT2D eigenvalue weighted by Crippen LogP contribution is -1.98. The van der Waals surface area contributed by atoms with Crippen molar-refractivity contribution in [3.8, 4) is 0 Å². The van der Waals surface area contributed by atoms with Gasteiger partial charge in [0.2, 0.25) is 0 Å². The molecule has 6 atom stereocenters. The highest BCUT2D eigenvalue weighted by Gasteiger charge is 2.69. The van der Waals surface area contributed by atoms with E-state index in [4.69, 9.17) is 0 Å². The quantitative estimate of drug-likeness (QED) is 0.466. The van der Waals surface area contributed by atoms with Crippen LogP contribution >= 0.6 is 18.5 Å². The Labute approximate surface area is 48.8 Å². The van der Waals surface area contributed by atoms with Crippen LogP contribution in [0.1, 0.15) is 0 Å². The fraction of sp³-hybridized carbons (Fsp3) is 1.00. The number of hydrogen-bond donors (Lipinski definition) is 0. The molecule has 0 nitrogen and oxygen atoms in total. The summed E-state index contributed by atoms with van der Waals surface area (Å²) in [6.45, 7) is 0. The summed E-state index contributed by atoms with van der Waals surface area (Å²) in [6, 6.07) is 0. The second-order valence-electron chi connectivity index (χ2n) is 2.63. The second-order valence-corrected chi connectivity index (χ2v) is 3.87. The van der Waals surface area contributed by atoms with Gasteiger partial charge in [-0.1, -0.05) is 0 Å². The fourth-order valence-corrected chi connectivity index (χ4v) is 3.14. The molecule has 0 N–H and O–H groups in total. The zero-order valence-corrected chi connectivity index (χ0v) is 6.48. The Morgan fingerprint density at radius 3 is 2.00 bits per heavy atom. The van der Waals surface area contributed by atoms with E-state index in [1.807, 2.05) is 0 Å². The monoisotopic (exact) mass is 132 g/mol. The van der Waals surface area contributed by atoms with Crippen molar-refractivity contribution in [3.63, 3.8) is 0 Å². The van der Waals surface area contributed by atoms with Crippen LogP contribution in [0.5, 0.6) is 0 Å². The lowest BCUT2D eigenvalue weighted by molar-refractivity contribution is 0.702. The standard InChI is InChI=1S/C5H10P2/c6-1-2-3-4(2)5(3)7/h2-5H,1,6-7H2/t2?,3-,4?,5?/m1/s1. The van der Waals surface area contributed by atoms with Gasteiger partial charge in [0.05, 0.1) is 0 Å². The fourth-order valence-electron chi connectivity index (χ4n) is 1.55. The van der Waals surface area contributed by atoms with Gasteiger partial charge in [-0.25, -0.2) is 0 Å². The van der Waals surface area contributed by atoms with E-state index in [0.717, 1.165) is 23.4 Å². The summed E-state index contributed by atoms with van der Waals surface area (Å²) < 4.78 is 0. The molecule has 0 amide bonds. The summed E-state index contributed by atoms with van der Waals surface area (Å²) in [5.41, 5.74) is 1.03. The Balaban J connectivity index is 1.88. The number of fused-ring (bicyclic) bond motifs is 1. The Bertz CT molecular complexity index is 85.5. The third-order valence-corrected chi connectivity index (χ3v) is 3.75. The molecule has 0 saturated heterocycles. The van der Waals surface area contributed by atoms with Crippen molar-refractivity contribution in [2.45, 2.75) is 5.66 Å². The summed E-state index contributed by atoms with van der Waals surface area (Å²) in [6.07, 6.45) is 1.35. The van der Waals surface area contributed by atoms with Gasteiger partial charge in [0.15, 0.2) is 0 Å². The van der Waals surface area contributed by atoms with E-state index in [9.17, 15) is 0 Å². The summed E-state index contributed by atoms with van der Waals surface area (Å²) in [7, 11) is 5.72. The molecule has 7 heavy (non-hydrogen) atoms. The minimum Gasteiger partial charge on any atom is -0.137 e. The van der Waals surface area contributed by atoms with Gasteiger partial charge in [-0.2, -0.15) is 0 Å². The van der Waals surface area contributed by atoms with Crippen LogP contribution in [0, 0.1) is 17.8 Å². The molecule has 2 saturated carbocycles. The van der Waals surface area contributed by atoms with Crippen LogP contribution in [-0.2, 0) is 0 Å². The van der Waals surface area contributed by atoms with Crippen LogP contribution in [0.2, 0.25) is 0 Å². The van der Waals surface area contributed by atoms with Crippen LogP contribution in [0.15, 0.2) is 0 Å². The first kappa shape index (κ1) is 4.71. The van der Waals surface area contributed by atoms with Crippen molar-refractivity contribution >= 4 is 18.5 Å². The zero-order valence-electron chi connectivity index (χ0n) is 4.17. The van der Waals surface area contributed by atoms with Crippen molar-refractivity contribution in [1.29, 1.82) is 0 Å². The summed E-state index contributed by atoms with van der Waals surface area (Å²) in [5.74, 6) is 3.40. The maximum atomic E-state index is 2.90. The van der Waals surface area contributed by atoms with Gasteiger partial charge >= 0.3 is 0 Å². The smallest absolute Gasteiger partial charge is 0.0196 e. The molecule has 0 aromatic carbocycles. The third-order valence-electron chi connectivity index (χ3n) is 2.31. The SMILES string of the molecule is PCC1C2C(P)[C@H]12. The van der Waals surface area contributed by atoms with Gasteiger partial charge in [-0.05, 0) is 29.6 Å². The van der Waals surface area contributed by atoms with Gasteiger partial charge in [0.1, 0.15) is 0 Å². The topological polar surface area (TPSA) is 0 Å². The molecular weight excluding hydrogens is 122 g/mol. The minimum absolute atomic E-state index is 1.03. The van der Waals surface area contributed by atoms with Gasteiger partial charge in [-0.15, -0.1) is 18.5 Å². The lowest BCUT2D eigenvalue weighted by Gasteiger charge is -2.00. The minimum atomic E-state index is 1.03. The predicted molar refractivity (Wildman–Crippen MR) is 38.5 cm³/mol. The molecule has 5 unspecified atom stereocenters. The molecule has 2 fully saturated rings.